The first-order chi connectivity index (χ1) is 10.0. The van der Waals surface area contributed by atoms with E-state index in [9.17, 15) is 4.79 Å². The second-order valence-corrected chi connectivity index (χ2v) is 6.16. The van der Waals surface area contributed by atoms with Gasteiger partial charge in [-0.15, -0.1) is 0 Å². The van der Waals surface area contributed by atoms with Crippen LogP contribution in [0.1, 0.15) is 38.2 Å². The van der Waals surface area contributed by atoms with Crippen LogP contribution < -0.4 is 10.1 Å². The van der Waals surface area contributed by atoms with Crippen LogP contribution in [-0.4, -0.2) is 43.6 Å². The third kappa shape index (κ3) is 5.05. The van der Waals surface area contributed by atoms with E-state index in [1.807, 2.05) is 12.1 Å². The van der Waals surface area contributed by atoms with Crippen LogP contribution in [0.2, 0.25) is 0 Å². The Morgan fingerprint density at radius 1 is 1.29 bits per heavy atom. The summed E-state index contributed by atoms with van der Waals surface area (Å²) in [7, 11) is 2.11. The van der Waals surface area contributed by atoms with E-state index in [1.165, 1.54) is 5.56 Å². The van der Waals surface area contributed by atoms with Gasteiger partial charge in [0.05, 0.1) is 0 Å². The normalized spacial score (nSPS) is 17.0. The van der Waals surface area contributed by atoms with Gasteiger partial charge in [-0.1, -0.05) is 26.0 Å². The maximum absolute atomic E-state index is 11.9. The van der Waals surface area contributed by atoms with Gasteiger partial charge in [0.2, 0.25) is 0 Å². The number of rotatable bonds is 5. The quantitative estimate of drug-likeness (QED) is 0.905. The number of carbonyl (C=O) groups is 1. The first kappa shape index (κ1) is 15.8. The number of likely N-dealkylation sites (tertiary alicyclic amines) is 1. The molecule has 0 radical (unpaired) electrons. The van der Waals surface area contributed by atoms with Crippen molar-refractivity contribution in [3.8, 4) is 5.75 Å². The average molecular weight is 290 g/mol. The molecule has 0 aromatic heterocycles. The van der Waals surface area contributed by atoms with Crippen LogP contribution in [-0.2, 0) is 4.79 Å². The Morgan fingerprint density at radius 2 is 1.90 bits per heavy atom. The third-order valence-corrected chi connectivity index (χ3v) is 4.00. The molecule has 0 saturated carbocycles. The maximum Gasteiger partial charge on any atom is 0.258 e. The van der Waals surface area contributed by atoms with Crippen LogP contribution in [0.4, 0.5) is 0 Å². The van der Waals surface area contributed by atoms with Gasteiger partial charge in [-0.2, -0.15) is 0 Å². The molecule has 1 aromatic carbocycles. The van der Waals surface area contributed by atoms with Gasteiger partial charge < -0.3 is 15.0 Å². The Bertz CT molecular complexity index is 448. The van der Waals surface area contributed by atoms with Crippen molar-refractivity contribution in [2.75, 3.05) is 26.7 Å². The minimum atomic E-state index is -0.0301. The van der Waals surface area contributed by atoms with Crippen molar-refractivity contribution in [3.05, 3.63) is 29.8 Å². The molecule has 4 nitrogen and oxygen atoms in total. The molecule has 21 heavy (non-hydrogen) atoms. The van der Waals surface area contributed by atoms with Gasteiger partial charge in [0.1, 0.15) is 5.75 Å². The van der Waals surface area contributed by atoms with Crippen LogP contribution >= 0.6 is 0 Å². The van der Waals surface area contributed by atoms with Crippen molar-refractivity contribution in [1.29, 1.82) is 0 Å². The lowest BCUT2D eigenvalue weighted by molar-refractivity contribution is -0.124. The molecule has 2 rings (SSSR count). The summed E-state index contributed by atoms with van der Waals surface area (Å²) in [6.45, 7) is 6.49. The molecule has 1 saturated heterocycles. The minimum absolute atomic E-state index is 0.0301. The molecule has 1 fully saturated rings. The first-order valence-corrected chi connectivity index (χ1v) is 7.75. The van der Waals surface area contributed by atoms with Crippen molar-refractivity contribution in [3.63, 3.8) is 0 Å². The van der Waals surface area contributed by atoms with Crippen molar-refractivity contribution in [2.45, 2.75) is 38.6 Å². The summed E-state index contributed by atoms with van der Waals surface area (Å²) in [5, 5.41) is 3.05. The van der Waals surface area contributed by atoms with Crippen LogP contribution in [0.25, 0.3) is 0 Å². The van der Waals surface area contributed by atoms with E-state index in [0.717, 1.165) is 31.7 Å². The molecular formula is C17H26N2O2. The molecule has 0 bridgehead atoms. The number of nitrogens with one attached hydrogen (secondary N) is 1. The van der Waals surface area contributed by atoms with Gasteiger partial charge >= 0.3 is 0 Å². The van der Waals surface area contributed by atoms with Crippen molar-refractivity contribution in [2.24, 2.45) is 0 Å². The number of hydrogen-bond acceptors (Lipinski definition) is 3. The molecule has 1 aliphatic rings. The summed E-state index contributed by atoms with van der Waals surface area (Å²) in [6, 6.07) is 8.25. The van der Waals surface area contributed by atoms with E-state index in [4.69, 9.17) is 4.74 Å². The molecule has 0 aliphatic carbocycles. The zero-order valence-corrected chi connectivity index (χ0v) is 13.3. The molecule has 4 heteroatoms. The third-order valence-electron chi connectivity index (χ3n) is 4.00. The van der Waals surface area contributed by atoms with Crippen molar-refractivity contribution >= 4 is 5.91 Å². The highest BCUT2D eigenvalue weighted by Crippen LogP contribution is 2.18. The molecule has 0 unspecified atom stereocenters. The molecule has 1 N–H and O–H groups in total. The summed E-state index contributed by atoms with van der Waals surface area (Å²) >= 11 is 0. The largest absolute Gasteiger partial charge is 0.484 e. The summed E-state index contributed by atoms with van der Waals surface area (Å²) in [6.07, 6.45) is 2.04. The van der Waals surface area contributed by atoms with E-state index >= 15 is 0 Å². The predicted octanol–water partition coefficient (Wildman–Crippen LogP) is 2.40. The van der Waals surface area contributed by atoms with Crippen molar-refractivity contribution < 1.29 is 9.53 Å². The Balaban J connectivity index is 1.73. The van der Waals surface area contributed by atoms with E-state index in [1.54, 1.807) is 0 Å². The Morgan fingerprint density at radius 3 is 2.48 bits per heavy atom. The van der Waals surface area contributed by atoms with E-state index in [2.05, 4.69) is 43.2 Å². The number of amides is 1. The molecule has 1 aliphatic heterocycles. The van der Waals surface area contributed by atoms with Crippen LogP contribution in [0, 0.1) is 0 Å². The zero-order chi connectivity index (χ0) is 15.2. The molecule has 0 atom stereocenters. The smallest absolute Gasteiger partial charge is 0.258 e. The zero-order valence-electron chi connectivity index (χ0n) is 13.3. The monoisotopic (exact) mass is 290 g/mol. The SMILES string of the molecule is CC(C)c1ccc(OCC(=O)NC2CCN(C)CC2)cc1. The number of nitrogens with zero attached hydrogens (tertiary/aromatic N) is 1. The van der Waals surface area contributed by atoms with Gasteiger partial charge in [-0.3, -0.25) is 4.79 Å². The predicted molar refractivity (Wildman–Crippen MR) is 84.7 cm³/mol. The standard InChI is InChI=1S/C17H26N2O2/c1-13(2)14-4-6-16(7-5-14)21-12-17(20)18-15-8-10-19(3)11-9-15/h4-7,13,15H,8-12H2,1-3H3,(H,18,20). The van der Waals surface area contributed by atoms with Crippen molar-refractivity contribution in [1.82, 2.24) is 10.2 Å². The van der Waals surface area contributed by atoms with Gasteiger partial charge in [-0.25, -0.2) is 0 Å². The Hall–Kier alpha value is -1.55. The summed E-state index contributed by atoms with van der Waals surface area (Å²) in [5.74, 6) is 1.22. The lowest BCUT2D eigenvalue weighted by Gasteiger charge is -2.29. The fourth-order valence-corrected chi connectivity index (χ4v) is 2.52. The van der Waals surface area contributed by atoms with Gasteiger partial charge in [0.25, 0.3) is 5.91 Å². The lowest BCUT2D eigenvalue weighted by Crippen LogP contribution is -2.44. The number of hydrogen-bond donors (Lipinski definition) is 1. The van der Waals surface area contributed by atoms with Crippen LogP contribution in [0.15, 0.2) is 24.3 Å². The highest BCUT2D eigenvalue weighted by molar-refractivity contribution is 5.77. The topological polar surface area (TPSA) is 41.6 Å². The second kappa shape index (κ2) is 7.46. The number of piperidine rings is 1. The Labute approximate surface area is 127 Å². The summed E-state index contributed by atoms with van der Waals surface area (Å²) < 4.78 is 5.54. The molecule has 116 valence electrons. The molecule has 1 amide bonds. The molecule has 0 spiro atoms. The van der Waals surface area contributed by atoms with E-state index in [-0.39, 0.29) is 12.5 Å². The summed E-state index contributed by atoms with van der Waals surface area (Å²) in [4.78, 5) is 14.2. The average Bonchev–Trinajstić information content (AvgIpc) is 2.48. The molecule has 1 heterocycles. The highest BCUT2D eigenvalue weighted by atomic mass is 16.5. The van der Waals surface area contributed by atoms with Gasteiger partial charge in [0, 0.05) is 6.04 Å². The second-order valence-electron chi connectivity index (χ2n) is 6.16. The molecule has 1 aromatic rings. The van der Waals surface area contributed by atoms with Crippen LogP contribution in [0.3, 0.4) is 0 Å². The van der Waals surface area contributed by atoms with E-state index < -0.39 is 0 Å². The molecular weight excluding hydrogens is 264 g/mol. The van der Waals surface area contributed by atoms with Gasteiger partial charge in [0.15, 0.2) is 6.61 Å². The van der Waals surface area contributed by atoms with E-state index in [0.29, 0.717) is 12.0 Å². The number of ether oxygens (including phenoxy) is 1. The Kier molecular flexibility index (Phi) is 5.62. The fourth-order valence-electron chi connectivity index (χ4n) is 2.52. The first-order valence-electron chi connectivity index (χ1n) is 7.75. The lowest BCUT2D eigenvalue weighted by atomic mass is 10.0. The fraction of sp³-hybridized carbons (Fsp3) is 0.588. The van der Waals surface area contributed by atoms with Gasteiger partial charge in [-0.05, 0) is 56.6 Å². The summed E-state index contributed by atoms with van der Waals surface area (Å²) in [5.41, 5.74) is 1.28. The minimum Gasteiger partial charge on any atom is -0.484 e. The number of benzene rings is 1. The van der Waals surface area contributed by atoms with Crippen LogP contribution in [0.5, 0.6) is 5.75 Å². The number of carbonyl (C=O) groups excluding carboxylic acids is 1. The highest BCUT2D eigenvalue weighted by Gasteiger charge is 2.18. The maximum atomic E-state index is 11.9.